The summed E-state index contributed by atoms with van der Waals surface area (Å²) in [4.78, 5) is 0. The van der Waals surface area contributed by atoms with Gasteiger partial charge in [-0.1, -0.05) is 0 Å². The molecule has 5 nitrogen and oxygen atoms in total. The van der Waals surface area contributed by atoms with E-state index in [0.29, 0.717) is 12.8 Å². The highest BCUT2D eigenvalue weighted by atomic mass is 32.2. The number of aliphatic hydroxyl groups is 2. The Hall–Kier alpha value is -0.170. The van der Waals surface area contributed by atoms with E-state index in [-0.39, 0.29) is 13.0 Å². The van der Waals surface area contributed by atoms with E-state index in [1.54, 1.807) is 0 Å². The first-order valence-corrected chi connectivity index (χ1v) is 5.63. The Labute approximate surface area is 78.1 Å². The van der Waals surface area contributed by atoms with E-state index < -0.39 is 21.5 Å². The highest BCUT2D eigenvalue weighted by Crippen LogP contribution is 2.10. The molecule has 0 fully saturated rings. The molecule has 13 heavy (non-hydrogen) atoms. The van der Waals surface area contributed by atoms with Crippen molar-refractivity contribution in [1.29, 1.82) is 0 Å². The van der Waals surface area contributed by atoms with Gasteiger partial charge in [0.2, 0.25) is 0 Å². The molecule has 0 saturated carbocycles. The van der Waals surface area contributed by atoms with Crippen molar-refractivity contribution in [2.75, 3.05) is 6.61 Å². The van der Waals surface area contributed by atoms with Gasteiger partial charge in [0.25, 0.3) is 10.1 Å². The second-order valence-corrected chi connectivity index (χ2v) is 4.92. The molecule has 80 valence electrons. The normalized spacial score (nSPS) is 16.9. The monoisotopic (exact) mass is 212 g/mol. The van der Waals surface area contributed by atoms with Crippen LogP contribution in [0.4, 0.5) is 0 Å². The van der Waals surface area contributed by atoms with Crippen LogP contribution < -0.4 is 0 Å². The van der Waals surface area contributed by atoms with Crippen LogP contribution in [0.2, 0.25) is 0 Å². The predicted molar refractivity (Wildman–Crippen MR) is 48.0 cm³/mol. The largest absolute Gasteiger partial charge is 0.396 e. The average molecular weight is 212 g/mol. The topological polar surface area (TPSA) is 94.8 Å². The maximum atomic E-state index is 10.5. The molecule has 0 amide bonds. The minimum Gasteiger partial charge on any atom is -0.396 e. The summed E-state index contributed by atoms with van der Waals surface area (Å²) in [5.74, 6) is 0. The molecular formula is C7H16O5S. The molecular weight excluding hydrogens is 196 g/mol. The zero-order chi connectivity index (χ0) is 10.5. The molecule has 0 aliphatic heterocycles. The molecule has 0 bridgehead atoms. The van der Waals surface area contributed by atoms with Crippen molar-refractivity contribution in [2.24, 2.45) is 0 Å². The molecule has 0 heterocycles. The van der Waals surface area contributed by atoms with E-state index in [1.807, 2.05) is 0 Å². The molecule has 2 atom stereocenters. The highest BCUT2D eigenvalue weighted by Gasteiger charge is 2.20. The van der Waals surface area contributed by atoms with Crippen LogP contribution in [0.3, 0.4) is 0 Å². The van der Waals surface area contributed by atoms with Crippen LogP contribution in [0.1, 0.15) is 26.2 Å². The number of aliphatic hydroxyl groups excluding tert-OH is 2. The first-order valence-electron chi connectivity index (χ1n) is 4.13. The number of hydrogen-bond acceptors (Lipinski definition) is 4. The molecule has 0 aromatic carbocycles. The van der Waals surface area contributed by atoms with Gasteiger partial charge in [-0.05, 0) is 26.2 Å². The average Bonchev–Trinajstić information content (AvgIpc) is 1.99. The number of hydrogen-bond donors (Lipinski definition) is 3. The van der Waals surface area contributed by atoms with E-state index in [0.717, 1.165) is 0 Å². The van der Waals surface area contributed by atoms with Crippen molar-refractivity contribution in [1.82, 2.24) is 0 Å². The maximum absolute atomic E-state index is 10.5. The maximum Gasteiger partial charge on any atom is 0.267 e. The van der Waals surface area contributed by atoms with Crippen LogP contribution in [0.15, 0.2) is 0 Å². The summed E-state index contributed by atoms with van der Waals surface area (Å²) in [5, 5.41) is 16.7. The second kappa shape index (κ2) is 5.54. The highest BCUT2D eigenvalue weighted by molar-refractivity contribution is 7.86. The lowest BCUT2D eigenvalue weighted by molar-refractivity contribution is 0.140. The Morgan fingerprint density at radius 3 is 2.31 bits per heavy atom. The number of rotatable bonds is 6. The third-order valence-electron chi connectivity index (χ3n) is 1.81. The molecule has 2 unspecified atom stereocenters. The minimum atomic E-state index is -4.05. The van der Waals surface area contributed by atoms with Gasteiger partial charge in [-0.3, -0.25) is 4.55 Å². The van der Waals surface area contributed by atoms with Crippen LogP contribution in [-0.2, 0) is 10.1 Å². The van der Waals surface area contributed by atoms with Gasteiger partial charge in [0.05, 0.1) is 11.4 Å². The van der Waals surface area contributed by atoms with Crippen LogP contribution in [0, 0.1) is 0 Å². The molecule has 0 saturated heterocycles. The molecule has 0 aromatic rings. The van der Waals surface area contributed by atoms with Crippen LogP contribution in [0.25, 0.3) is 0 Å². The summed E-state index contributed by atoms with van der Waals surface area (Å²) in [6, 6.07) is 0. The van der Waals surface area contributed by atoms with E-state index in [1.165, 1.54) is 6.92 Å². The third kappa shape index (κ3) is 5.98. The molecule has 6 heteroatoms. The van der Waals surface area contributed by atoms with Gasteiger partial charge in [-0.2, -0.15) is 8.42 Å². The Morgan fingerprint density at radius 2 is 1.92 bits per heavy atom. The second-order valence-electron chi connectivity index (χ2n) is 3.08. The summed E-state index contributed by atoms with van der Waals surface area (Å²) in [7, 11) is -4.05. The van der Waals surface area contributed by atoms with Gasteiger partial charge in [0, 0.05) is 6.61 Å². The Morgan fingerprint density at radius 1 is 1.38 bits per heavy atom. The fourth-order valence-electron chi connectivity index (χ4n) is 0.950. The Balaban J connectivity index is 3.85. The van der Waals surface area contributed by atoms with Crippen molar-refractivity contribution >= 4 is 10.1 Å². The van der Waals surface area contributed by atoms with Crippen LogP contribution in [0.5, 0.6) is 0 Å². The molecule has 0 rings (SSSR count). The van der Waals surface area contributed by atoms with Gasteiger partial charge in [-0.25, -0.2) is 0 Å². The lowest BCUT2D eigenvalue weighted by Crippen LogP contribution is -2.23. The summed E-state index contributed by atoms with van der Waals surface area (Å²) < 4.78 is 29.6. The SMILES string of the molecule is CC(CC(O)CCCO)S(=O)(=O)O. The van der Waals surface area contributed by atoms with Crippen molar-refractivity contribution in [3.8, 4) is 0 Å². The lowest BCUT2D eigenvalue weighted by atomic mass is 10.1. The summed E-state index contributed by atoms with van der Waals surface area (Å²) in [6.45, 7) is 1.30. The minimum absolute atomic E-state index is 0.00116. The third-order valence-corrected chi connectivity index (χ3v) is 3.02. The zero-order valence-corrected chi connectivity index (χ0v) is 8.37. The zero-order valence-electron chi connectivity index (χ0n) is 7.55. The molecule has 0 radical (unpaired) electrons. The standard InChI is InChI=1S/C7H16O5S/c1-6(13(10,11)12)5-7(9)3-2-4-8/h6-9H,2-5H2,1H3,(H,10,11,12). The van der Waals surface area contributed by atoms with Gasteiger partial charge in [0.15, 0.2) is 0 Å². The van der Waals surface area contributed by atoms with Gasteiger partial charge >= 0.3 is 0 Å². The lowest BCUT2D eigenvalue weighted by Gasteiger charge is -2.13. The van der Waals surface area contributed by atoms with Crippen LogP contribution >= 0.6 is 0 Å². The summed E-state index contributed by atoms with van der Waals surface area (Å²) in [5.41, 5.74) is 0. The molecule has 0 spiro atoms. The Kier molecular flexibility index (Phi) is 5.46. The Bertz CT molecular complexity index is 223. The van der Waals surface area contributed by atoms with Crippen molar-refractivity contribution < 1.29 is 23.2 Å². The van der Waals surface area contributed by atoms with Crippen molar-refractivity contribution in [2.45, 2.75) is 37.5 Å². The molecule has 0 aromatic heterocycles. The fourth-order valence-corrected chi connectivity index (χ4v) is 1.41. The van der Waals surface area contributed by atoms with Crippen LogP contribution in [-0.4, -0.2) is 41.1 Å². The van der Waals surface area contributed by atoms with Gasteiger partial charge < -0.3 is 10.2 Å². The van der Waals surface area contributed by atoms with Crippen molar-refractivity contribution in [3.05, 3.63) is 0 Å². The summed E-state index contributed by atoms with van der Waals surface area (Å²) in [6.07, 6.45) is -0.0155. The first-order chi connectivity index (χ1) is 5.88. The van der Waals surface area contributed by atoms with Gasteiger partial charge in [-0.15, -0.1) is 0 Å². The quantitative estimate of drug-likeness (QED) is 0.529. The molecule has 0 aliphatic rings. The fraction of sp³-hybridized carbons (Fsp3) is 1.00. The van der Waals surface area contributed by atoms with E-state index in [4.69, 9.17) is 9.66 Å². The predicted octanol–water partition coefficient (Wildman–Crippen LogP) is -0.214. The first kappa shape index (κ1) is 12.8. The van der Waals surface area contributed by atoms with Crippen molar-refractivity contribution in [3.63, 3.8) is 0 Å². The van der Waals surface area contributed by atoms with E-state index in [2.05, 4.69) is 0 Å². The smallest absolute Gasteiger partial charge is 0.267 e. The molecule has 0 aliphatic carbocycles. The van der Waals surface area contributed by atoms with Gasteiger partial charge in [0.1, 0.15) is 0 Å². The van der Waals surface area contributed by atoms with E-state index >= 15 is 0 Å². The summed E-state index contributed by atoms with van der Waals surface area (Å²) >= 11 is 0. The van der Waals surface area contributed by atoms with E-state index in [9.17, 15) is 13.5 Å². The molecule has 3 N–H and O–H groups in total.